The first-order valence-corrected chi connectivity index (χ1v) is 10.5. The molecule has 1 unspecified atom stereocenters. The Kier molecular flexibility index (Phi) is 5.31. The van der Waals surface area contributed by atoms with Crippen molar-refractivity contribution in [1.29, 1.82) is 0 Å². The number of hydrogen-bond acceptors (Lipinski definition) is 3. The van der Waals surface area contributed by atoms with Gasteiger partial charge in [-0.25, -0.2) is 0 Å². The predicted molar refractivity (Wildman–Crippen MR) is 115 cm³/mol. The van der Waals surface area contributed by atoms with Gasteiger partial charge in [-0.05, 0) is 75.9 Å². The molecule has 0 aromatic carbocycles. The maximum absolute atomic E-state index is 13.7. The van der Waals surface area contributed by atoms with Gasteiger partial charge in [0, 0.05) is 29.7 Å². The molecule has 0 spiro atoms. The monoisotopic (exact) mass is 390 g/mol. The largest absolute Gasteiger partial charge is 0.404 e. The summed E-state index contributed by atoms with van der Waals surface area (Å²) in [6.07, 6.45) is 8.35. The molecule has 5 heteroatoms. The maximum Gasteiger partial charge on any atom is 0.256 e. The van der Waals surface area contributed by atoms with E-state index in [4.69, 9.17) is 5.73 Å². The van der Waals surface area contributed by atoms with Crippen LogP contribution in [0.15, 0.2) is 54.4 Å². The summed E-state index contributed by atoms with van der Waals surface area (Å²) < 4.78 is 2.19. The lowest BCUT2D eigenvalue weighted by Crippen LogP contribution is -2.43. The number of amides is 1. The highest BCUT2D eigenvalue weighted by Gasteiger charge is 2.40. The Labute approximate surface area is 172 Å². The van der Waals surface area contributed by atoms with Crippen molar-refractivity contribution in [2.24, 2.45) is 5.73 Å². The van der Waals surface area contributed by atoms with Crippen LogP contribution in [0.2, 0.25) is 0 Å². The van der Waals surface area contributed by atoms with Gasteiger partial charge in [0.15, 0.2) is 0 Å². The molecule has 2 saturated carbocycles. The van der Waals surface area contributed by atoms with Gasteiger partial charge in [0.2, 0.25) is 0 Å². The van der Waals surface area contributed by atoms with Gasteiger partial charge in [-0.3, -0.25) is 9.78 Å². The summed E-state index contributed by atoms with van der Waals surface area (Å²) in [5.74, 6) is 0.154. The molecule has 0 saturated heterocycles. The van der Waals surface area contributed by atoms with E-state index < -0.39 is 0 Å². The van der Waals surface area contributed by atoms with Crippen LogP contribution in [0.25, 0.3) is 0 Å². The lowest BCUT2D eigenvalue weighted by molar-refractivity contribution is 0.0642. The number of carbonyl (C=O) groups excluding carboxylic acids is 1. The summed E-state index contributed by atoms with van der Waals surface area (Å²) in [5.41, 5.74) is 11.9. The molecule has 1 amide bonds. The van der Waals surface area contributed by atoms with Gasteiger partial charge in [0.05, 0.1) is 17.8 Å². The average Bonchev–Trinajstić information content (AvgIpc) is 3.52. The van der Waals surface area contributed by atoms with Gasteiger partial charge >= 0.3 is 0 Å². The average molecular weight is 391 g/mol. The van der Waals surface area contributed by atoms with E-state index in [1.165, 1.54) is 0 Å². The molecule has 2 aromatic rings. The number of hydrogen-bond donors (Lipinski definition) is 1. The molecule has 2 heterocycles. The van der Waals surface area contributed by atoms with Crippen LogP contribution in [0.5, 0.6) is 0 Å². The van der Waals surface area contributed by atoms with Gasteiger partial charge in [0.1, 0.15) is 0 Å². The second-order valence-corrected chi connectivity index (χ2v) is 8.33. The Bertz CT molecular complexity index is 953. The summed E-state index contributed by atoms with van der Waals surface area (Å²) in [4.78, 5) is 20.2. The Morgan fingerprint density at radius 2 is 2.10 bits per heavy atom. The van der Waals surface area contributed by atoms with Crippen molar-refractivity contribution >= 4 is 5.91 Å². The second-order valence-electron chi connectivity index (χ2n) is 8.33. The minimum Gasteiger partial charge on any atom is -0.404 e. The molecular weight excluding hydrogens is 360 g/mol. The third-order valence-electron chi connectivity index (χ3n) is 6.31. The van der Waals surface area contributed by atoms with Crippen molar-refractivity contribution in [3.8, 4) is 0 Å². The number of nitrogens with zero attached hydrogens (tertiary/aromatic N) is 3. The summed E-state index contributed by atoms with van der Waals surface area (Å²) in [5, 5.41) is 0. The molecule has 0 bridgehead atoms. The van der Waals surface area contributed by atoms with Gasteiger partial charge in [-0.2, -0.15) is 0 Å². The number of aryl methyl sites for hydroxylation is 1. The summed E-state index contributed by atoms with van der Waals surface area (Å²) in [6.45, 7) is 8.92. The van der Waals surface area contributed by atoms with Gasteiger partial charge in [-0.15, -0.1) is 0 Å². The highest BCUT2D eigenvalue weighted by Crippen LogP contribution is 2.38. The number of rotatable bonds is 5. The van der Waals surface area contributed by atoms with E-state index in [1.807, 2.05) is 37.4 Å². The second kappa shape index (κ2) is 7.90. The van der Waals surface area contributed by atoms with Crippen molar-refractivity contribution in [2.75, 3.05) is 0 Å². The number of nitrogens with two attached hydrogens (primary N) is 1. The van der Waals surface area contributed by atoms with Crippen LogP contribution >= 0.6 is 0 Å². The quantitative estimate of drug-likeness (QED) is 0.836. The third kappa shape index (κ3) is 3.86. The van der Waals surface area contributed by atoms with Crippen LogP contribution in [-0.4, -0.2) is 32.4 Å². The zero-order valence-corrected chi connectivity index (χ0v) is 17.4. The van der Waals surface area contributed by atoms with E-state index >= 15 is 0 Å². The lowest BCUT2D eigenvalue weighted by atomic mass is 9.86. The minimum atomic E-state index is 0.154. The number of allylic oxidation sites excluding steroid dienone is 1. The van der Waals surface area contributed by atoms with Crippen LogP contribution in [0.3, 0.4) is 0 Å². The van der Waals surface area contributed by atoms with Crippen molar-refractivity contribution in [1.82, 2.24) is 14.5 Å². The highest BCUT2D eigenvalue weighted by atomic mass is 16.2. The normalized spacial score (nSPS) is 20.8. The van der Waals surface area contributed by atoms with Crippen molar-refractivity contribution in [2.45, 2.75) is 64.6 Å². The molecule has 5 nitrogen and oxygen atoms in total. The summed E-state index contributed by atoms with van der Waals surface area (Å²) in [6, 6.07) is 8.54. The van der Waals surface area contributed by atoms with E-state index in [2.05, 4.69) is 28.0 Å². The first kappa shape index (κ1) is 19.5. The first-order chi connectivity index (χ1) is 14.0. The van der Waals surface area contributed by atoms with E-state index in [1.54, 1.807) is 6.20 Å². The van der Waals surface area contributed by atoms with Gasteiger partial charge in [0.25, 0.3) is 5.91 Å². The lowest BCUT2D eigenvalue weighted by Gasteiger charge is -2.36. The van der Waals surface area contributed by atoms with Crippen LogP contribution in [0, 0.1) is 13.8 Å². The van der Waals surface area contributed by atoms with Crippen LogP contribution in [-0.2, 0) is 6.54 Å². The maximum atomic E-state index is 13.7. The molecule has 4 rings (SSSR count). The highest BCUT2D eigenvalue weighted by molar-refractivity contribution is 5.96. The minimum absolute atomic E-state index is 0.154. The fourth-order valence-corrected chi connectivity index (χ4v) is 4.46. The summed E-state index contributed by atoms with van der Waals surface area (Å²) >= 11 is 0. The molecule has 0 radical (unpaired) electrons. The fraction of sp³-hybridized carbons (Fsp3) is 0.417. The van der Waals surface area contributed by atoms with E-state index in [9.17, 15) is 4.79 Å². The molecule has 2 aromatic heterocycles. The molecule has 2 N–H and O–H groups in total. The molecule has 1 atom stereocenters. The predicted octanol–water partition coefficient (Wildman–Crippen LogP) is 4.10. The fourth-order valence-electron chi connectivity index (χ4n) is 4.46. The molecule has 2 fully saturated rings. The Morgan fingerprint density at radius 3 is 2.76 bits per heavy atom. The first-order valence-electron chi connectivity index (χ1n) is 10.5. The number of pyridine rings is 1. The standard InChI is InChI=1S/C24H30N4O/c1-16-7-8-22(13-19(16)14-25)28(21-9-10-21)24(29)23-12-17(2)27(18(23)3)15-20-6-4-5-11-26-20/h4-6,11-12,14,21-22H,1,7-10,13,15,25H2,2-3H3/b19-14-. The molecular formula is C24H30N4O. The van der Waals surface area contributed by atoms with Gasteiger partial charge < -0.3 is 15.2 Å². The summed E-state index contributed by atoms with van der Waals surface area (Å²) in [7, 11) is 0. The molecule has 29 heavy (non-hydrogen) atoms. The van der Waals surface area contributed by atoms with E-state index in [0.717, 1.165) is 65.9 Å². The third-order valence-corrected chi connectivity index (χ3v) is 6.31. The zero-order chi connectivity index (χ0) is 20.5. The number of carbonyl (C=O) groups is 1. The van der Waals surface area contributed by atoms with Crippen LogP contribution in [0.4, 0.5) is 0 Å². The van der Waals surface area contributed by atoms with Crippen molar-refractivity contribution < 1.29 is 4.79 Å². The number of aromatic nitrogens is 2. The molecule has 0 aliphatic heterocycles. The Morgan fingerprint density at radius 1 is 1.31 bits per heavy atom. The van der Waals surface area contributed by atoms with Gasteiger partial charge in [-0.1, -0.05) is 18.2 Å². The molecule has 152 valence electrons. The zero-order valence-electron chi connectivity index (χ0n) is 17.4. The van der Waals surface area contributed by atoms with Crippen LogP contribution < -0.4 is 5.73 Å². The van der Waals surface area contributed by atoms with Crippen molar-refractivity contribution in [3.05, 3.63) is 77.0 Å². The molecule has 2 aliphatic carbocycles. The van der Waals surface area contributed by atoms with Crippen molar-refractivity contribution in [3.63, 3.8) is 0 Å². The molecule has 2 aliphatic rings. The smallest absolute Gasteiger partial charge is 0.256 e. The topological polar surface area (TPSA) is 64.2 Å². The van der Waals surface area contributed by atoms with E-state index in [0.29, 0.717) is 12.6 Å². The SMILES string of the molecule is C=C1CCC(N(C(=O)c2cc(C)n(Cc3ccccn3)c2C)C2CC2)C/C1=C/N. The van der Waals surface area contributed by atoms with E-state index in [-0.39, 0.29) is 11.9 Å². The van der Waals surface area contributed by atoms with Crippen LogP contribution in [0.1, 0.15) is 59.5 Å². The Hall–Kier alpha value is -2.82. The Balaban J connectivity index is 1.61.